The van der Waals surface area contributed by atoms with E-state index in [-0.39, 0.29) is 5.91 Å². The Hall–Kier alpha value is -2.21. The number of rotatable bonds is 5. The Morgan fingerprint density at radius 2 is 2.12 bits per heavy atom. The quantitative estimate of drug-likeness (QED) is 0.618. The average molecular weight is 390 g/mol. The van der Waals surface area contributed by atoms with Gasteiger partial charge in [-0.1, -0.05) is 29.3 Å². The van der Waals surface area contributed by atoms with Crippen LogP contribution in [0.2, 0.25) is 10.0 Å². The van der Waals surface area contributed by atoms with Gasteiger partial charge in [0.15, 0.2) is 5.13 Å². The SMILES string of the molecule is O=C(/C=C/c1cccnc1)Nc1ncc(Cc2cc(Cl)ccc2Cl)s1. The van der Waals surface area contributed by atoms with Gasteiger partial charge >= 0.3 is 0 Å². The van der Waals surface area contributed by atoms with E-state index in [0.717, 1.165) is 16.0 Å². The van der Waals surface area contributed by atoms with Gasteiger partial charge in [-0.05, 0) is 41.5 Å². The number of pyridine rings is 1. The van der Waals surface area contributed by atoms with E-state index in [4.69, 9.17) is 23.2 Å². The smallest absolute Gasteiger partial charge is 0.250 e. The van der Waals surface area contributed by atoms with Crippen LogP contribution < -0.4 is 5.32 Å². The molecule has 0 spiro atoms. The summed E-state index contributed by atoms with van der Waals surface area (Å²) in [6.07, 6.45) is 8.84. The van der Waals surface area contributed by atoms with E-state index in [0.29, 0.717) is 21.6 Å². The van der Waals surface area contributed by atoms with E-state index < -0.39 is 0 Å². The number of hydrogen-bond donors (Lipinski definition) is 1. The van der Waals surface area contributed by atoms with Crippen LogP contribution in [0.5, 0.6) is 0 Å². The third-order valence-electron chi connectivity index (χ3n) is 3.27. The Bertz CT molecular complexity index is 910. The number of halogens is 2. The predicted molar refractivity (Wildman–Crippen MR) is 103 cm³/mol. The molecule has 0 aliphatic carbocycles. The van der Waals surface area contributed by atoms with Gasteiger partial charge in [0.25, 0.3) is 0 Å². The van der Waals surface area contributed by atoms with Crippen LogP contribution in [0.3, 0.4) is 0 Å². The Balaban J connectivity index is 1.62. The maximum absolute atomic E-state index is 12.0. The minimum absolute atomic E-state index is 0.245. The highest BCUT2D eigenvalue weighted by molar-refractivity contribution is 7.15. The van der Waals surface area contributed by atoms with Crippen molar-refractivity contribution in [2.24, 2.45) is 0 Å². The van der Waals surface area contributed by atoms with E-state index >= 15 is 0 Å². The lowest BCUT2D eigenvalue weighted by Crippen LogP contribution is -2.07. The number of carbonyl (C=O) groups excluding carboxylic acids is 1. The van der Waals surface area contributed by atoms with E-state index in [2.05, 4.69) is 15.3 Å². The zero-order valence-corrected chi connectivity index (χ0v) is 15.3. The molecule has 3 aromatic rings. The highest BCUT2D eigenvalue weighted by atomic mass is 35.5. The van der Waals surface area contributed by atoms with E-state index in [1.807, 2.05) is 18.2 Å². The van der Waals surface area contributed by atoms with Crippen molar-refractivity contribution in [2.45, 2.75) is 6.42 Å². The molecule has 1 N–H and O–H groups in total. The number of anilines is 1. The number of hydrogen-bond acceptors (Lipinski definition) is 4. The first kappa shape index (κ1) is 17.6. The molecular weight excluding hydrogens is 377 g/mol. The molecule has 4 nitrogen and oxygen atoms in total. The number of benzene rings is 1. The minimum atomic E-state index is -0.245. The standard InChI is InChI=1S/C18H13Cl2N3OS/c19-14-4-5-16(20)13(8-14)9-15-11-22-18(25-15)23-17(24)6-3-12-2-1-7-21-10-12/h1-8,10-11H,9H2,(H,22,23,24)/b6-3+. The first-order chi connectivity index (χ1) is 12.1. The normalized spacial score (nSPS) is 11.0. The molecular formula is C18H13Cl2N3OS. The number of thiazole rings is 1. The molecule has 0 bridgehead atoms. The maximum atomic E-state index is 12.0. The summed E-state index contributed by atoms with van der Waals surface area (Å²) in [5, 5.41) is 4.58. The number of nitrogens with zero attached hydrogens (tertiary/aromatic N) is 2. The highest BCUT2D eigenvalue weighted by Gasteiger charge is 2.08. The topological polar surface area (TPSA) is 54.9 Å². The molecule has 2 aromatic heterocycles. The molecule has 0 radical (unpaired) electrons. The van der Waals surface area contributed by atoms with Gasteiger partial charge in [0.05, 0.1) is 0 Å². The van der Waals surface area contributed by atoms with Gasteiger partial charge in [-0.15, -0.1) is 11.3 Å². The molecule has 3 rings (SSSR count). The molecule has 1 aromatic carbocycles. The fourth-order valence-corrected chi connectivity index (χ4v) is 3.32. The van der Waals surface area contributed by atoms with Crippen molar-refractivity contribution in [3.63, 3.8) is 0 Å². The summed E-state index contributed by atoms with van der Waals surface area (Å²) in [6.45, 7) is 0. The lowest BCUT2D eigenvalue weighted by molar-refractivity contribution is -0.111. The molecule has 0 aliphatic rings. The molecule has 25 heavy (non-hydrogen) atoms. The summed E-state index contributed by atoms with van der Waals surface area (Å²) in [4.78, 5) is 21.2. The van der Waals surface area contributed by atoms with Crippen molar-refractivity contribution < 1.29 is 4.79 Å². The Labute approximate surface area is 159 Å². The van der Waals surface area contributed by atoms with Crippen LogP contribution in [-0.4, -0.2) is 15.9 Å². The molecule has 126 valence electrons. The van der Waals surface area contributed by atoms with Gasteiger partial charge in [0.1, 0.15) is 0 Å². The maximum Gasteiger partial charge on any atom is 0.250 e. The van der Waals surface area contributed by atoms with Crippen molar-refractivity contribution >= 4 is 51.7 Å². The van der Waals surface area contributed by atoms with Crippen LogP contribution in [0.25, 0.3) is 6.08 Å². The molecule has 0 atom stereocenters. The Morgan fingerprint density at radius 1 is 1.24 bits per heavy atom. The van der Waals surface area contributed by atoms with Crippen molar-refractivity contribution in [1.29, 1.82) is 0 Å². The molecule has 2 heterocycles. The van der Waals surface area contributed by atoms with Crippen LogP contribution in [0.1, 0.15) is 16.0 Å². The van der Waals surface area contributed by atoms with E-state index in [1.54, 1.807) is 36.8 Å². The third-order valence-corrected chi connectivity index (χ3v) is 4.78. The molecule has 7 heteroatoms. The average Bonchev–Trinajstić information content (AvgIpc) is 3.04. The second kappa shape index (κ2) is 8.25. The molecule has 0 saturated carbocycles. The van der Waals surface area contributed by atoms with Crippen molar-refractivity contribution in [2.75, 3.05) is 5.32 Å². The minimum Gasteiger partial charge on any atom is -0.298 e. The highest BCUT2D eigenvalue weighted by Crippen LogP contribution is 2.26. The molecule has 0 saturated heterocycles. The molecule has 1 amide bonds. The molecule has 0 fully saturated rings. The first-order valence-electron chi connectivity index (χ1n) is 7.38. The lowest BCUT2D eigenvalue weighted by Gasteiger charge is -2.02. The number of aromatic nitrogens is 2. The Morgan fingerprint density at radius 3 is 2.92 bits per heavy atom. The number of carbonyl (C=O) groups is 1. The van der Waals surface area contributed by atoms with Gasteiger partial charge in [-0.2, -0.15) is 0 Å². The zero-order chi connectivity index (χ0) is 17.6. The van der Waals surface area contributed by atoms with Crippen LogP contribution in [-0.2, 0) is 11.2 Å². The summed E-state index contributed by atoms with van der Waals surface area (Å²) in [5.74, 6) is -0.245. The van der Waals surface area contributed by atoms with Crippen molar-refractivity contribution in [3.05, 3.63) is 81.0 Å². The van der Waals surface area contributed by atoms with Crippen molar-refractivity contribution in [3.8, 4) is 0 Å². The van der Waals surface area contributed by atoms with E-state index in [1.165, 1.54) is 17.4 Å². The van der Waals surface area contributed by atoms with Crippen LogP contribution >= 0.6 is 34.5 Å². The van der Waals surface area contributed by atoms with Crippen LogP contribution in [0, 0.1) is 0 Å². The van der Waals surface area contributed by atoms with E-state index in [9.17, 15) is 4.79 Å². The fourth-order valence-electron chi connectivity index (χ4n) is 2.11. The predicted octanol–water partition coefficient (Wildman–Crippen LogP) is 5.09. The summed E-state index contributed by atoms with van der Waals surface area (Å²) < 4.78 is 0. The number of amides is 1. The second-order valence-corrected chi connectivity index (χ2v) is 7.11. The van der Waals surface area contributed by atoms with Gasteiger partial charge < -0.3 is 0 Å². The fraction of sp³-hybridized carbons (Fsp3) is 0.0556. The van der Waals surface area contributed by atoms with Crippen LogP contribution in [0.4, 0.5) is 5.13 Å². The second-order valence-electron chi connectivity index (χ2n) is 5.15. The molecule has 0 unspecified atom stereocenters. The van der Waals surface area contributed by atoms with Gasteiger partial charge in [0.2, 0.25) is 5.91 Å². The summed E-state index contributed by atoms with van der Waals surface area (Å²) in [7, 11) is 0. The number of nitrogens with one attached hydrogen (secondary N) is 1. The van der Waals surface area contributed by atoms with Gasteiger partial charge in [-0.25, -0.2) is 4.98 Å². The summed E-state index contributed by atoms with van der Waals surface area (Å²) in [5.41, 5.74) is 1.78. The van der Waals surface area contributed by atoms with Gasteiger partial charge in [-0.3, -0.25) is 15.1 Å². The monoisotopic (exact) mass is 389 g/mol. The third kappa shape index (κ3) is 5.13. The van der Waals surface area contributed by atoms with Crippen molar-refractivity contribution in [1.82, 2.24) is 9.97 Å². The summed E-state index contributed by atoms with van der Waals surface area (Å²) in [6, 6.07) is 9.03. The first-order valence-corrected chi connectivity index (χ1v) is 8.95. The molecule has 0 aliphatic heterocycles. The van der Waals surface area contributed by atoms with Crippen LogP contribution in [0.15, 0.2) is 55.0 Å². The summed E-state index contributed by atoms with van der Waals surface area (Å²) >= 11 is 13.6. The largest absolute Gasteiger partial charge is 0.298 e. The van der Waals surface area contributed by atoms with Gasteiger partial charge in [0, 0.05) is 46.0 Å². The zero-order valence-electron chi connectivity index (χ0n) is 12.9. The lowest BCUT2D eigenvalue weighted by atomic mass is 10.1. The Kier molecular flexibility index (Phi) is 5.81.